The van der Waals surface area contributed by atoms with Gasteiger partial charge >= 0.3 is 5.97 Å². The van der Waals surface area contributed by atoms with Crippen LogP contribution in [0.5, 0.6) is 0 Å². The summed E-state index contributed by atoms with van der Waals surface area (Å²) in [6.07, 6.45) is 11.6. The smallest absolute Gasteiger partial charge is 0.305 e. The molecule has 2 nitrogen and oxygen atoms in total. The average Bonchev–Trinajstić information content (AvgIpc) is 2.17. The number of carbonyl (C=O) groups is 1. The van der Waals surface area contributed by atoms with Gasteiger partial charge in [0, 0.05) is 6.42 Å². The van der Waals surface area contributed by atoms with Gasteiger partial charge in [-0.1, -0.05) is 31.2 Å². The average molecular weight is 196 g/mol. The van der Waals surface area contributed by atoms with Gasteiger partial charge < -0.3 is 4.74 Å². The molecule has 80 valence electrons. The van der Waals surface area contributed by atoms with E-state index in [1.165, 1.54) is 0 Å². The number of hydrogen-bond acceptors (Lipinski definition) is 2. The first-order valence-electron chi connectivity index (χ1n) is 5.28. The zero-order valence-corrected chi connectivity index (χ0v) is 9.16. The third kappa shape index (κ3) is 9.04. The third-order valence-electron chi connectivity index (χ3n) is 1.68. The van der Waals surface area contributed by atoms with Crippen LogP contribution in [-0.2, 0) is 9.53 Å². The van der Waals surface area contributed by atoms with E-state index >= 15 is 0 Å². The molecule has 0 N–H and O–H groups in total. The Morgan fingerprint density at radius 3 is 2.57 bits per heavy atom. The van der Waals surface area contributed by atoms with Gasteiger partial charge in [0.2, 0.25) is 0 Å². The Hall–Kier alpha value is -1.05. The topological polar surface area (TPSA) is 26.3 Å². The van der Waals surface area contributed by atoms with Crippen LogP contribution in [-0.4, -0.2) is 12.6 Å². The Bertz CT molecular complexity index is 192. The maximum Gasteiger partial charge on any atom is 0.305 e. The number of rotatable bonds is 7. The van der Waals surface area contributed by atoms with Crippen molar-refractivity contribution in [1.29, 1.82) is 0 Å². The lowest BCUT2D eigenvalue weighted by Gasteiger charge is -1.98. The van der Waals surface area contributed by atoms with Crippen molar-refractivity contribution in [2.24, 2.45) is 0 Å². The molecule has 0 aromatic heterocycles. The lowest BCUT2D eigenvalue weighted by atomic mass is 10.2. The van der Waals surface area contributed by atoms with Crippen LogP contribution >= 0.6 is 0 Å². The highest BCUT2D eigenvalue weighted by Crippen LogP contribution is 1.99. The summed E-state index contributed by atoms with van der Waals surface area (Å²) in [6, 6.07) is 0. The van der Waals surface area contributed by atoms with Crippen molar-refractivity contribution < 1.29 is 9.53 Å². The predicted octanol–water partition coefficient (Wildman–Crippen LogP) is 3.24. The lowest BCUT2D eigenvalue weighted by molar-refractivity contribution is -0.143. The Morgan fingerprint density at radius 1 is 1.21 bits per heavy atom. The standard InChI is InChI=1S/C12H20O2/c1-3-5-6-7-8-9-10-11-12(13)14-4-2/h5-8H,3-4,9-11H2,1-2H3/b6-5+,8-7+. The van der Waals surface area contributed by atoms with Crippen LogP contribution in [0.4, 0.5) is 0 Å². The molecular weight excluding hydrogens is 176 g/mol. The minimum absolute atomic E-state index is 0.0926. The van der Waals surface area contributed by atoms with Gasteiger partial charge in [-0.3, -0.25) is 4.79 Å². The molecule has 0 atom stereocenters. The molecule has 0 bridgehead atoms. The molecule has 0 aliphatic heterocycles. The molecular formula is C12H20O2. The number of esters is 1. The van der Waals surface area contributed by atoms with Crippen LogP contribution in [0, 0.1) is 0 Å². The Morgan fingerprint density at radius 2 is 1.93 bits per heavy atom. The first-order valence-corrected chi connectivity index (χ1v) is 5.28. The summed E-state index contributed by atoms with van der Waals surface area (Å²) >= 11 is 0. The zero-order chi connectivity index (χ0) is 10.6. The van der Waals surface area contributed by atoms with Gasteiger partial charge in [0.1, 0.15) is 0 Å². The van der Waals surface area contributed by atoms with Crippen LogP contribution in [0.15, 0.2) is 24.3 Å². The van der Waals surface area contributed by atoms with Crippen molar-refractivity contribution in [3.05, 3.63) is 24.3 Å². The van der Waals surface area contributed by atoms with E-state index in [2.05, 4.69) is 19.1 Å². The molecule has 0 aliphatic rings. The molecule has 0 spiro atoms. The second-order valence-electron chi connectivity index (χ2n) is 2.96. The molecule has 0 amide bonds. The summed E-state index contributed by atoms with van der Waals surface area (Å²) < 4.78 is 4.81. The second kappa shape index (κ2) is 10.0. The fraction of sp³-hybridized carbons (Fsp3) is 0.583. The molecule has 0 unspecified atom stereocenters. The van der Waals surface area contributed by atoms with Gasteiger partial charge in [0.15, 0.2) is 0 Å². The van der Waals surface area contributed by atoms with Gasteiger partial charge in [-0.2, -0.15) is 0 Å². The third-order valence-corrected chi connectivity index (χ3v) is 1.68. The molecule has 0 radical (unpaired) electrons. The normalized spacial score (nSPS) is 11.3. The highest BCUT2D eigenvalue weighted by Gasteiger charge is 1.98. The highest BCUT2D eigenvalue weighted by atomic mass is 16.5. The van der Waals surface area contributed by atoms with E-state index in [1.54, 1.807) is 0 Å². The summed E-state index contributed by atoms with van der Waals surface area (Å²) in [6.45, 7) is 4.41. The number of ether oxygens (including phenoxy) is 1. The zero-order valence-electron chi connectivity index (χ0n) is 9.16. The summed E-state index contributed by atoms with van der Waals surface area (Å²) in [4.78, 5) is 10.9. The Kier molecular flexibility index (Phi) is 9.28. The summed E-state index contributed by atoms with van der Waals surface area (Å²) in [7, 11) is 0. The van der Waals surface area contributed by atoms with E-state index < -0.39 is 0 Å². The van der Waals surface area contributed by atoms with E-state index in [0.29, 0.717) is 13.0 Å². The van der Waals surface area contributed by atoms with Crippen molar-refractivity contribution >= 4 is 5.97 Å². The molecule has 0 aliphatic carbocycles. The van der Waals surface area contributed by atoms with Crippen molar-refractivity contribution in [1.82, 2.24) is 0 Å². The SMILES string of the molecule is CC/C=C/C=C/CCCC(=O)OCC. The number of unbranched alkanes of at least 4 members (excludes halogenated alkanes) is 1. The first-order chi connectivity index (χ1) is 6.81. The number of carbonyl (C=O) groups excluding carboxylic acids is 1. The second-order valence-corrected chi connectivity index (χ2v) is 2.96. The van der Waals surface area contributed by atoms with Gasteiger partial charge in [0.25, 0.3) is 0 Å². The molecule has 0 aromatic rings. The van der Waals surface area contributed by atoms with Gasteiger partial charge in [0.05, 0.1) is 6.61 Å². The van der Waals surface area contributed by atoms with E-state index in [4.69, 9.17) is 4.74 Å². The van der Waals surface area contributed by atoms with Crippen LogP contribution in [0.2, 0.25) is 0 Å². The van der Waals surface area contributed by atoms with Crippen LogP contribution in [0.1, 0.15) is 39.5 Å². The Labute approximate surface area is 86.6 Å². The summed E-state index contributed by atoms with van der Waals surface area (Å²) in [5.74, 6) is -0.0926. The van der Waals surface area contributed by atoms with Crippen molar-refractivity contribution in [2.45, 2.75) is 39.5 Å². The highest BCUT2D eigenvalue weighted by molar-refractivity contribution is 5.69. The minimum Gasteiger partial charge on any atom is -0.466 e. The molecule has 0 saturated carbocycles. The largest absolute Gasteiger partial charge is 0.466 e. The van der Waals surface area contributed by atoms with E-state index in [-0.39, 0.29) is 5.97 Å². The van der Waals surface area contributed by atoms with Crippen LogP contribution in [0.25, 0.3) is 0 Å². The van der Waals surface area contributed by atoms with E-state index in [1.807, 2.05) is 19.1 Å². The number of allylic oxidation sites excluding steroid dienone is 4. The molecule has 0 rings (SSSR count). The maximum absolute atomic E-state index is 10.9. The fourth-order valence-corrected chi connectivity index (χ4v) is 0.987. The van der Waals surface area contributed by atoms with Crippen molar-refractivity contribution in [2.75, 3.05) is 6.61 Å². The first kappa shape index (κ1) is 12.9. The molecule has 14 heavy (non-hydrogen) atoms. The molecule has 0 heterocycles. The monoisotopic (exact) mass is 196 g/mol. The van der Waals surface area contributed by atoms with Gasteiger partial charge in [-0.25, -0.2) is 0 Å². The molecule has 0 aromatic carbocycles. The molecule has 0 fully saturated rings. The molecule has 0 saturated heterocycles. The molecule has 2 heteroatoms. The van der Waals surface area contributed by atoms with Crippen molar-refractivity contribution in [3.8, 4) is 0 Å². The van der Waals surface area contributed by atoms with Crippen LogP contribution in [0.3, 0.4) is 0 Å². The van der Waals surface area contributed by atoms with Crippen molar-refractivity contribution in [3.63, 3.8) is 0 Å². The van der Waals surface area contributed by atoms with E-state index in [0.717, 1.165) is 19.3 Å². The van der Waals surface area contributed by atoms with Gasteiger partial charge in [-0.05, 0) is 26.2 Å². The number of hydrogen-bond donors (Lipinski definition) is 0. The quantitative estimate of drug-likeness (QED) is 0.355. The summed E-state index contributed by atoms with van der Waals surface area (Å²) in [5.41, 5.74) is 0. The lowest BCUT2D eigenvalue weighted by Crippen LogP contribution is -2.02. The van der Waals surface area contributed by atoms with E-state index in [9.17, 15) is 4.79 Å². The fourth-order valence-electron chi connectivity index (χ4n) is 0.987. The minimum atomic E-state index is -0.0926. The maximum atomic E-state index is 10.9. The predicted molar refractivity (Wildman–Crippen MR) is 59.1 cm³/mol. The van der Waals surface area contributed by atoms with Crippen LogP contribution < -0.4 is 0 Å². The Balaban J connectivity index is 3.32. The summed E-state index contributed by atoms with van der Waals surface area (Å²) in [5, 5.41) is 0. The van der Waals surface area contributed by atoms with Gasteiger partial charge in [-0.15, -0.1) is 0 Å².